The molecular weight excluding hydrogens is 252 g/mol. The molecule has 1 N–H and O–H groups in total. The molecule has 2 aromatic rings. The highest BCUT2D eigenvalue weighted by atomic mass is 16.2. The summed E-state index contributed by atoms with van der Waals surface area (Å²) in [6, 6.07) is 7.74. The van der Waals surface area contributed by atoms with Crippen LogP contribution in [0.2, 0.25) is 0 Å². The zero-order chi connectivity index (χ0) is 14.8. The topological polar surface area (TPSA) is 61.9 Å². The van der Waals surface area contributed by atoms with E-state index in [4.69, 9.17) is 0 Å². The summed E-state index contributed by atoms with van der Waals surface area (Å²) in [5.41, 5.74) is 1.72. The van der Waals surface area contributed by atoms with Gasteiger partial charge in [0.05, 0.1) is 6.54 Å². The second-order valence-electron chi connectivity index (χ2n) is 5.89. The van der Waals surface area contributed by atoms with Crippen molar-refractivity contribution in [1.29, 1.82) is 0 Å². The first-order valence-corrected chi connectivity index (χ1v) is 6.59. The van der Waals surface area contributed by atoms with E-state index in [1.807, 2.05) is 24.3 Å². The van der Waals surface area contributed by atoms with Crippen molar-refractivity contribution in [2.24, 2.45) is 0 Å². The van der Waals surface area contributed by atoms with Crippen LogP contribution >= 0.6 is 0 Å². The number of carbonyl (C=O) groups is 1. The molecule has 0 fully saturated rings. The van der Waals surface area contributed by atoms with Gasteiger partial charge in [-0.1, -0.05) is 39.0 Å². The fraction of sp³-hybridized carbons (Fsp3) is 0.400. The predicted octanol–water partition coefficient (Wildman–Crippen LogP) is 2.37. The molecule has 0 aliphatic heterocycles. The minimum absolute atomic E-state index is 0.00748. The Morgan fingerprint density at radius 3 is 2.60 bits per heavy atom. The van der Waals surface area contributed by atoms with E-state index in [1.165, 1.54) is 6.33 Å². The Balaban J connectivity index is 2.25. The number of benzene rings is 1. The van der Waals surface area contributed by atoms with Crippen LogP contribution in [0.1, 0.15) is 42.5 Å². The summed E-state index contributed by atoms with van der Waals surface area (Å²) in [5, 5.41) is 6.55. The lowest BCUT2D eigenvalue weighted by Crippen LogP contribution is -2.29. The molecule has 0 spiro atoms. The van der Waals surface area contributed by atoms with E-state index in [1.54, 1.807) is 11.9 Å². The highest BCUT2D eigenvalue weighted by Crippen LogP contribution is 2.26. The van der Waals surface area contributed by atoms with E-state index in [-0.39, 0.29) is 11.3 Å². The Morgan fingerprint density at radius 1 is 1.30 bits per heavy atom. The number of hydrogen-bond donors (Lipinski definition) is 1. The zero-order valence-electron chi connectivity index (χ0n) is 12.3. The van der Waals surface area contributed by atoms with Crippen LogP contribution in [0, 0.1) is 0 Å². The minimum Gasteiger partial charge on any atom is -0.334 e. The number of hydrogen-bond acceptors (Lipinski definition) is 3. The maximum absolute atomic E-state index is 12.6. The first-order chi connectivity index (χ1) is 9.39. The molecule has 1 amide bonds. The summed E-state index contributed by atoms with van der Waals surface area (Å²) >= 11 is 0. The lowest BCUT2D eigenvalue weighted by molar-refractivity contribution is 0.0779. The highest BCUT2D eigenvalue weighted by molar-refractivity contribution is 5.95. The monoisotopic (exact) mass is 272 g/mol. The first-order valence-electron chi connectivity index (χ1n) is 6.59. The fourth-order valence-electron chi connectivity index (χ4n) is 2.13. The number of carbonyl (C=O) groups excluding carboxylic acids is 1. The molecule has 0 unspecified atom stereocenters. The largest absolute Gasteiger partial charge is 0.334 e. The maximum Gasteiger partial charge on any atom is 0.254 e. The standard InChI is InChI=1S/C15H20N4O/c1-15(2,3)12-8-6-5-7-11(12)14(20)19(4)9-13-16-10-17-18-13/h5-8,10H,9H2,1-4H3,(H,16,17,18). The minimum atomic E-state index is -0.0701. The second-order valence-corrected chi connectivity index (χ2v) is 5.89. The Kier molecular flexibility index (Phi) is 3.88. The molecule has 2 rings (SSSR count). The average Bonchev–Trinajstić information content (AvgIpc) is 2.89. The van der Waals surface area contributed by atoms with E-state index >= 15 is 0 Å². The van der Waals surface area contributed by atoms with Gasteiger partial charge >= 0.3 is 0 Å². The third kappa shape index (κ3) is 3.04. The van der Waals surface area contributed by atoms with Crippen LogP contribution in [0.3, 0.4) is 0 Å². The van der Waals surface area contributed by atoms with Crippen molar-refractivity contribution in [3.63, 3.8) is 0 Å². The van der Waals surface area contributed by atoms with E-state index in [9.17, 15) is 4.79 Å². The van der Waals surface area contributed by atoms with Crippen molar-refractivity contribution in [1.82, 2.24) is 20.1 Å². The lowest BCUT2D eigenvalue weighted by atomic mass is 9.83. The van der Waals surface area contributed by atoms with Gasteiger partial charge < -0.3 is 4.90 Å². The van der Waals surface area contributed by atoms with Gasteiger partial charge in [0.1, 0.15) is 12.2 Å². The Morgan fingerprint density at radius 2 is 2.00 bits per heavy atom. The van der Waals surface area contributed by atoms with Crippen molar-refractivity contribution in [2.45, 2.75) is 32.7 Å². The molecule has 1 heterocycles. The normalized spacial score (nSPS) is 11.4. The van der Waals surface area contributed by atoms with Crippen molar-refractivity contribution in [3.05, 3.63) is 47.5 Å². The van der Waals surface area contributed by atoms with Gasteiger partial charge in [-0.15, -0.1) is 0 Å². The summed E-state index contributed by atoms with van der Waals surface area (Å²) < 4.78 is 0. The number of aromatic nitrogens is 3. The third-order valence-corrected chi connectivity index (χ3v) is 3.16. The summed E-state index contributed by atoms with van der Waals surface area (Å²) in [6.07, 6.45) is 1.44. The van der Waals surface area contributed by atoms with Crippen LogP contribution in [0.5, 0.6) is 0 Å². The lowest BCUT2D eigenvalue weighted by Gasteiger charge is -2.24. The Bertz CT molecular complexity index is 584. The molecule has 0 aliphatic rings. The SMILES string of the molecule is CN(Cc1ncn[nH]1)C(=O)c1ccccc1C(C)(C)C. The number of nitrogens with one attached hydrogen (secondary N) is 1. The van der Waals surface area contributed by atoms with Gasteiger partial charge in [-0.3, -0.25) is 9.89 Å². The van der Waals surface area contributed by atoms with Crippen molar-refractivity contribution in [3.8, 4) is 0 Å². The number of nitrogens with zero attached hydrogens (tertiary/aromatic N) is 3. The van der Waals surface area contributed by atoms with E-state index in [0.717, 1.165) is 11.1 Å². The number of aromatic amines is 1. The van der Waals surface area contributed by atoms with Crippen molar-refractivity contribution < 1.29 is 4.79 Å². The van der Waals surface area contributed by atoms with E-state index in [2.05, 4.69) is 36.0 Å². The fourth-order valence-corrected chi connectivity index (χ4v) is 2.13. The van der Waals surface area contributed by atoms with Crippen LogP contribution in [-0.2, 0) is 12.0 Å². The van der Waals surface area contributed by atoms with Crippen LogP contribution in [0.25, 0.3) is 0 Å². The molecule has 0 bridgehead atoms. The van der Waals surface area contributed by atoms with Crippen LogP contribution in [-0.4, -0.2) is 33.0 Å². The van der Waals surface area contributed by atoms with Gasteiger partial charge in [0.25, 0.3) is 5.91 Å². The molecule has 20 heavy (non-hydrogen) atoms. The quantitative estimate of drug-likeness (QED) is 0.933. The summed E-state index contributed by atoms with van der Waals surface area (Å²) in [4.78, 5) is 18.3. The van der Waals surface area contributed by atoms with Gasteiger partial charge in [-0.2, -0.15) is 5.10 Å². The van der Waals surface area contributed by atoms with Gasteiger partial charge in [0.2, 0.25) is 0 Å². The van der Waals surface area contributed by atoms with E-state index in [0.29, 0.717) is 12.4 Å². The van der Waals surface area contributed by atoms with E-state index < -0.39 is 0 Å². The molecule has 5 heteroatoms. The molecule has 0 saturated heterocycles. The number of amides is 1. The van der Waals surface area contributed by atoms with Gasteiger partial charge in [-0.25, -0.2) is 4.98 Å². The highest BCUT2D eigenvalue weighted by Gasteiger charge is 2.23. The summed E-state index contributed by atoms with van der Waals surface area (Å²) in [5.74, 6) is 0.668. The van der Waals surface area contributed by atoms with Crippen LogP contribution in [0.4, 0.5) is 0 Å². The van der Waals surface area contributed by atoms with Crippen LogP contribution in [0.15, 0.2) is 30.6 Å². The molecule has 1 aromatic heterocycles. The molecule has 0 radical (unpaired) electrons. The molecule has 0 saturated carbocycles. The molecule has 106 valence electrons. The summed E-state index contributed by atoms with van der Waals surface area (Å²) in [6.45, 7) is 6.73. The molecule has 0 atom stereocenters. The zero-order valence-corrected chi connectivity index (χ0v) is 12.3. The predicted molar refractivity (Wildman–Crippen MR) is 77.3 cm³/mol. The molecule has 5 nitrogen and oxygen atoms in total. The number of rotatable bonds is 3. The molecular formula is C15H20N4O. The summed E-state index contributed by atoms with van der Waals surface area (Å²) in [7, 11) is 1.77. The molecule has 0 aliphatic carbocycles. The second kappa shape index (κ2) is 5.45. The third-order valence-electron chi connectivity index (χ3n) is 3.16. The van der Waals surface area contributed by atoms with Crippen molar-refractivity contribution in [2.75, 3.05) is 7.05 Å². The van der Waals surface area contributed by atoms with Gasteiger partial charge in [0, 0.05) is 12.6 Å². The average molecular weight is 272 g/mol. The Hall–Kier alpha value is -2.17. The van der Waals surface area contributed by atoms with Crippen molar-refractivity contribution >= 4 is 5.91 Å². The van der Waals surface area contributed by atoms with Gasteiger partial charge in [0.15, 0.2) is 0 Å². The maximum atomic E-state index is 12.6. The van der Waals surface area contributed by atoms with Crippen LogP contribution < -0.4 is 0 Å². The smallest absolute Gasteiger partial charge is 0.254 e. The van der Waals surface area contributed by atoms with Gasteiger partial charge in [-0.05, 0) is 17.0 Å². The Labute approximate surface area is 119 Å². The molecule has 1 aromatic carbocycles. The first kappa shape index (κ1) is 14.2. The number of H-pyrrole nitrogens is 1.